The lowest BCUT2D eigenvalue weighted by molar-refractivity contribution is -0.123. The molecule has 0 aromatic heterocycles. The molecule has 0 saturated carbocycles. The van der Waals surface area contributed by atoms with Gasteiger partial charge >= 0.3 is 0 Å². The highest BCUT2D eigenvalue weighted by atomic mass is 19.1. The molecule has 2 rings (SSSR count). The van der Waals surface area contributed by atoms with Crippen LogP contribution in [0, 0.1) is 5.82 Å². The zero-order valence-corrected chi connectivity index (χ0v) is 12.2. The summed E-state index contributed by atoms with van der Waals surface area (Å²) in [6.07, 6.45) is 0.704. The molecule has 0 spiro atoms. The molecular formula is C15H22FN3O. The van der Waals surface area contributed by atoms with Crippen LogP contribution in [-0.4, -0.2) is 32.1 Å². The van der Waals surface area contributed by atoms with Crippen LogP contribution in [0.5, 0.6) is 0 Å². The molecule has 2 unspecified atom stereocenters. The number of nitrogens with one attached hydrogen (secondary N) is 2. The minimum absolute atomic E-state index is 0.0195. The summed E-state index contributed by atoms with van der Waals surface area (Å²) in [5.41, 5.74) is 1.44. The van der Waals surface area contributed by atoms with Crippen molar-refractivity contribution in [3.8, 4) is 0 Å². The summed E-state index contributed by atoms with van der Waals surface area (Å²) in [5.74, 6) is -0.212. The fourth-order valence-corrected chi connectivity index (χ4v) is 2.76. The van der Waals surface area contributed by atoms with Gasteiger partial charge in [0.2, 0.25) is 5.91 Å². The van der Waals surface area contributed by atoms with Crippen LogP contribution in [0.25, 0.3) is 0 Å². The highest BCUT2D eigenvalue weighted by Crippen LogP contribution is 2.31. The van der Waals surface area contributed by atoms with Crippen molar-refractivity contribution in [2.24, 2.45) is 0 Å². The molecule has 0 radical (unpaired) electrons. The highest BCUT2D eigenvalue weighted by Gasteiger charge is 2.30. The Labute approximate surface area is 119 Å². The van der Waals surface area contributed by atoms with Gasteiger partial charge in [0, 0.05) is 30.4 Å². The van der Waals surface area contributed by atoms with E-state index in [1.807, 2.05) is 24.8 Å². The second-order valence-corrected chi connectivity index (χ2v) is 5.09. The van der Waals surface area contributed by atoms with E-state index in [1.165, 1.54) is 6.07 Å². The van der Waals surface area contributed by atoms with Crippen LogP contribution in [0.1, 0.15) is 31.9 Å². The number of halogens is 1. The minimum atomic E-state index is -0.231. The van der Waals surface area contributed by atoms with Crippen LogP contribution in [0.15, 0.2) is 18.2 Å². The Morgan fingerprint density at radius 3 is 2.95 bits per heavy atom. The zero-order chi connectivity index (χ0) is 14.7. The van der Waals surface area contributed by atoms with Crippen LogP contribution in [-0.2, 0) is 4.79 Å². The van der Waals surface area contributed by atoms with Crippen LogP contribution in [0.3, 0.4) is 0 Å². The summed E-state index contributed by atoms with van der Waals surface area (Å²) in [6.45, 7) is 5.20. The second-order valence-electron chi connectivity index (χ2n) is 5.09. The third-order valence-corrected chi connectivity index (χ3v) is 3.92. The van der Waals surface area contributed by atoms with Gasteiger partial charge in [-0.2, -0.15) is 0 Å². The molecule has 0 aliphatic carbocycles. The van der Waals surface area contributed by atoms with E-state index in [-0.39, 0.29) is 23.8 Å². The Morgan fingerprint density at radius 1 is 1.55 bits per heavy atom. The first kappa shape index (κ1) is 14.8. The number of piperazine rings is 1. The van der Waals surface area contributed by atoms with Crippen molar-refractivity contribution in [1.82, 2.24) is 10.6 Å². The lowest BCUT2D eigenvalue weighted by Gasteiger charge is -2.38. The topological polar surface area (TPSA) is 44.4 Å². The molecule has 4 nitrogen and oxygen atoms in total. The lowest BCUT2D eigenvalue weighted by Crippen LogP contribution is -2.55. The number of carbonyl (C=O) groups excluding carboxylic acids is 1. The van der Waals surface area contributed by atoms with E-state index in [2.05, 4.69) is 10.6 Å². The van der Waals surface area contributed by atoms with E-state index in [9.17, 15) is 9.18 Å². The normalized spacial score (nSPS) is 20.7. The van der Waals surface area contributed by atoms with Gasteiger partial charge in [0.05, 0.1) is 0 Å². The summed E-state index contributed by atoms with van der Waals surface area (Å²) >= 11 is 0. The molecule has 1 aromatic rings. The maximum atomic E-state index is 14.2. The number of amides is 1. The van der Waals surface area contributed by atoms with Crippen molar-refractivity contribution in [2.45, 2.75) is 32.4 Å². The first-order valence-electron chi connectivity index (χ1n) is 7.10. The number of rotatable bonds is 4. The van der Waals surface area contributed by atoms with Gasteiger partial charge in [-0.25, -0.2) is 4.39 Å². The number of hydrogen-bond donors (Lipinski definition) is 2. The molecule has 0 bridgehead atoms. The predicted octanol–water partition coefficient (Wildman–Crippen LogP) is 1.82. The molecule has 1 aromatic carbocycles. The van der Waals surface area contributed by atoms with Crippen molar-refractivity contribution in [2.75, 3.05) is 25.0 Å². The van der Waals surface area contributed by atoms with Gasteiger partial charge in [-0.05, 0) is 32.5 Å². The Morgan fingerprint density at radius 2 is 2.30 bits per heavy atom. The highest BCUT2D eigenvalue weighted by molar-refractivity contribution is 5.86. The third kappa shape index (κ3) is 2.63. The van der Waals surface area contributed by atoms with Gasteiger partial charge < -0.3 is 15.5 Å². The van der Waals surface area contributed by atoms with Crippen molar-refractivity contribution in [3.05, 3.63) is 29.6 Å². The molecule has 1 aliphatic heterocycles. The molecular weight excluding hydrogens is 257 g/mol. The summed E-state index contributed by atoms with van der Waals surface area (Å²) < 4.78 is 14.2. The Hall–Kier alpha value is -1.62. The van der Waals surface area contributed by atoms with Crippen LogP contribution >= 0.6 is 0 Å². The smallest absolute Gasteiger partial charge is 0.242 e. The Balaban J connectivity index is 2.45. The van der Waals surface area contributed by atoms with E-state index >= 15 is 0 Å². The average molecular weight is 279 g/mol. The maximum absolute atomic E-state index is 14.2. The standard InChI is InChI=1S/C15H22FN3O/c1-4-12-15(20)18-8-9-19(12)13-7-5-6-11(16)14(13)10(2)17-3/h5-7,10,12,17H,4,8-9H2,1-3H3,(H,18,20). The average Bonchev–Trinajstić information content (AvgIpc) is 2.46. The van der Waals surface area contributed by atoms with E-state index in [0.717, 1.165) is 5.69 Å². The summed E-state index contributed by atoms with van der Waals surface area (Å²) in [5, 5.41) is 5.95. The first-order chi connectivity index (χ1) is 9.60. The molecule has 2 atom stereocenters. The quantitative estimate of drug-likeness (QED) is 0.883. The summed E-state index contributed by atoms with van der Waals surface area (Å²) in [6, 6.07) is 4.74. The Bertz CT molecular complexity index is 492. The van der Waals surface area contributed by atoms with E-state index < -0.39 is 0 Å². The van der Waals surface area contributed by atoms with Gasteiger partial charge in [0.25, 0.3) is 0 Å². The maximum Gasteiger partial charge on any atom is 0.242 e. The van der Waals surface area contributed by atoms with Gasteiger partial charge in [-0.1, -0.05) is 13.0 Å². The zero-order valence-electron chi connectivity index (χ0n) is 12.2. The third-order valence-electron chi connectivity index (χ3n) is 3.92. The number of benzene rings is 1. The molecule has 1 aliphatic rings. The van der Waals surface area contributed by atoms with Crippen molar-refractivity contribution >= 4 is 11.6 Å². The van der Waals surface area contributed by atoms with E-state index in [4.69, 9.17) is 0 Å². The lowest BCUT2D eigenvalue weighted by atomic mass is 10.0. The largest absolute Gasteiger partial charge is 0.357 e. The SMILES string of the molecule is CCC1C(=O)NCCN1c1cccc(F)c1C(C)NC. The fraction of sp³-hybridized carbons (Fsp3) is 0.533. The van der Waals surface area contributed by atoms with Crippen LogP contribution in [0.4, 0.5) is 10.1 Å². The van der Waals surface area contributed by atoms with Crippen molar-refractivity contribution in [1.29, 1.82) is 0 Å². The van der Waals surface area contributed by atoms with Crippen LogP contribution in [0.2, 0.25) is 0 Å². The van der Waals surface area contributed by atoms with E-state index in [0.29, 0.717) is 25.1 Å². The van der Waals surface area contributed by atoms with Crippen LogP contribution < -0.4 is 15.5 Å². The van der Waals surface area contributed by atoms with Crippen molar-refractivity contribution < 1.29 is 9.18 Å². The fourth-order valence-electron chi connectivity index (χ4n) is 2.76. The molecule has 2 N–H and O–H groups in total. The number of hydrogen-bond acceptors (Lipinski definition) is 3. The van der Waals surface area contributed by atoms with Gasteiger partial charge in [-0.3, -0.25) is 4.79 Å². The van der Waals surface area contributed by atoms with Crippen molar-refractivity contribution in [3.63, 3.8) is 0 Å². The first-order valence-corrected chi connectivity index (χ1v) is 7.10. The van der Waals surface area contributed by atoms with Gasteiger partial charge in [0.15, 0.2) is 0 Å². The van der Waals surface area contributed by atoms with E-state index in [1.54, 1.807) is 13.1 Å². The monoisotopic (exact) mass is 279 g/mol. The number of nitrogens with zero attached hydrogens (tertiary/aromatic N) is 1. The molecule has 5 heteroatoms. The van der Waals surface area contributed by atoms with Gasteiger partial charge in [-0.15, -0.1) is 0 Å². The number of anilines is 1. The second kappa shape index (κ2) is 6.22. The molecule has 1 saturated heterocycles. The summed E-state index contributed by atoms with van der Waals surface area (Å²) in [4.78, 5) is 14.0. The number of carbonyl (C=O) groups is 1. The van der Waals surface area contributed by atoms with Gasteiger partial charge in [0.1, 0.15) is 11.9 Å². The molecule has 1 amide bonds. The predicted molar refractivity (Wildman–Crippen MR) is 78.3 cm³/mol. The molecule has 1 heterocycles. The Kier molecular flexibility index (Phi) is 4.60. The molecule has 110 valence electrons. The minimum Gasteiger partial charge on any atom is -0.357 e. The summed E-state index contributed by atoms with van der Waals surface area (Å²) in [7, 11) is 1.81. The molecule has 20 heavy (non-hydrogen) atoms. The molecule has 1 fully saturated rings.